The van der Waals surface area contributed by atoms with Gasteiger partial charge in [0.25, 0.3) is 0 Å². The van der Waals surface area contributed by atoms with Gasteiger partial charge in [0.15, 0.2) is 0 Å². The quantitative estimate of drug-likeness (QED) is 0.830. The van der Waals surface area contributed by atoms with Gasteiger partial charge in [-0.2, -0.15) is 0 Å². The summed E-state index contributed by atoms with van der Waals surface area (Å²) < 4.78 is 0. The van der Waals surface area contributed by atoms with Crippen molar-refractivity contribution in [1.82, 2.24) is 20.0 Å². The number of carbonyl (C=O) groups is 1. The van der Waals surface area contributed by atoms with Gasteiger partial charge in [-0.05, 0) is 52.1 Å². The number of anilines is 1. The highest BCUT2D eigenvalue weighted by Gasteiger charge is 2.49. The summed E-state index contributed by atoms with van der Waals surface area (Å²) in [5, 5.41) is 10.7. The summed E-state index contributed by atoms with van der Waals surface area (Å²) in [4.78, 5) is 19.6. The van der Waals surface area contributed by atoms with E-state index in [0.717, 1.165) is 49.0 Å². The molecule has 1 aromatic heterocycles. The fourth-order valence-corrected chi connectivity index (χ4v) is 5.66. The minimum absolute atomic E-state index is 0.339. The van der Waals surface area contributed by atoms with E-state index >= 15 is 0 Å². The van der Waals surface area contributed by atoms with Gasteiger partial charge < -0.3 is 14.7 Å². The monoisotopic (exact) mass is 349 g/mol. The molecule has 3 aliphatic rings. The highest BCUT2D eigenvalue weighted by Crippen LogP contribution is 2.43. The minimum atomic E-state index is 0.339. The van der Waals surface area contributed by atoms with E-state index in [2.05, 4.69) is 39.0 Å². The van der Waals surface area contributed by atoms with Crippen LogP contribution in [0, 0.1) is 18.8 Å². The third-order valence-corrected chi connectivity index (χ3v) is 6.73. The molecule has 24 heavy (non-hydrogen) atoms. The van der Waals surface area contributed by atoms with Crippen molar-refractivity contribution < 1.29 is 4.79 Å². The largest absolute Gasteiger partial charge is 0.346 e. The summed E-state index contributed by atoms with van der Waals surface area (Å²) >= 11 is 1.69. The molecule has 3 aliphatic heterocycles. The molecular weight excluding hydrogens is 322 g/mol. The second-order valence-electron chi connectivity index (χ2n) is 7.85. The van der Waals surface area contributed by atoms with Gasteiger partial charge in [-0.25, -0.2) is 0 Å². The van der Waals surface area contributed by atoms with Crippen LogP contribution in [-0.2, 0) is 4.79 Å². The highest BCUT2D eigenvalue weighted by atomic mass is 32.1. The Labute approximate surface area is 147 Å². The molecule has 0 aromatic carbocycles. The number of likely N-dealkylation sites (N-methyl/N-ethyl adjacent to an activating group) is 1. The van der Waals surface area contributed by atoms with Gasteiger partial charge in [0, 0.05) is 38.1 Å². The van der Waals surface area contributed by atoms with Gasteiger partial charge in [-0.1, -0.05) is 11.3 Å². The smallest absolute Gasteiger partial charge is 0.223 e. The van der Waals surface area contributed by atoms with E-state index in [1.54, 1.807) is 11.3 Å². The summed E-state index contributed by atoms with van der Waals surface area (Å²) in [6.07, 6.45) is 4.20. The maximum atomic E-state index is 12.7. The first-order chi connectivity index (χ1) is 11.5. The number of hydrogen-bond acceptors (Lipinski definition) is 6. The summed E-state index contributed by atoms with van der Waals surface area (Å²) in [6.45, 7) is 5.00. The number of fused-ring (bicyclic) bond motifs is 4. The van der Waals surface area contributed by atoms with E-state index in [4.69, 9.17) is 0 Å². The van der Waals surface area contributed by atoms with Crippen LogP contribution < -0.4 is 4.90 Å². The van der Waals surface area contributed by atoms with Gasteiger partial charge in [-0.15, -0.1) is 10.2 Å². The van der Waals surface area contributed by atoms with Crippen molar-refractivity contribution in [2.45, 2.75) is 44.7 Å². The molecule has 0 spiro atoms. The van der Waals surface area contributed by atoms with Gasteiger partial charge in [0.2, 0.25) is 11.0 Å². The summed E-state index contributed by atoms with van der Waals surface area (Å²) in [5.74, 6) is 1.50. The second-order valence-corrected chi connectivity index (χ2v) is 9.01. The number of amides is 1. The van der Waals surface area contributed by atoms with Crippen molar-refractivity contribution in [1.29, 1.82) is 0 Å². The van der Waals surface area contributed by atoms with E-state index in [9.17, 15) is 4.79 Å². The summed E-state index contributed by atoms with van der Waals surface area (Å²) in [6, 6.07) is 0.759. The zero-order chi connectivity index (χ0) is 16.8. The van der Waals surface area contributed by atoms with E-state index in [-0.39, 0.29) is 0 Å². The lowest BCUT2D eigenvalue weighted by Crippen LogP contribution is -2.66. The molecule has 6 nitrogen and oxygen atoms in total. The number of carbonyl (C=O) groups excluding carboxylic acids is 1. The van der Waals surface area contributed by atoms with Crippen molar-refractivity contribution in [2.75, 3.05) is 38.6 Å². The zero-order valence-corrected chi connectivity index (χ0v) is 15.6. The Hall–Kier alpha value is -1.21. The fraction of sp³-hybridized carbons (Fsp3) is 0.824. The molecule has 1 amide bonds. The Morgan fingerprint density at radius 2 is 2.04 bits per heavy atom. The van der Waals surface area contributed by atoms with Crippen LogP contribution in [0.15, 0.2) is 0 Å². The molecule has 0 N–H and O–H groups in total. The second kappa shape index (κ2) is 6.26. The summed E-state index contributed by atoms with van der Waals surface area (Å²) in [5.41, 5.74) is 0. The molecule has 4 rings (SSSR count). The predicted molar refractivity (Wildman–Crippen MR) is 95.3 cm³/mol. The Kier molecular flexibility index (Phi) is 4.24. The number of piperidine rings is 3. The molecule has 0 radical (unpaired) electrons. The van der Waals surface area contributed by atoms with E-state index in [1.165, 1.54) is 6.42 Å². The molecule has 2 bridgehead atoms. The van der Waals surface area contributed by atoms with Crippen LogP contribution in [0.5, 0.6) is 0 Å². The van der Waals surface area contributed by atoms with Gasteiger partial charge in [0.05, 0.1) is 0 Å². The summed E-state index contributed by atoms with van der Waals surface area (Å²) in [7, 11) is 4.23. The Balaban J connectivity index is 1.63. The number of nitrogens with zero attached hydrogens (tertiary/aromatic N) is 5. The molecule has 0 unspecified atom stereocenters. The van der Waals surface area contributed by atoms with Crippen LogP contribution in [0.25, 0.3) is 0 Å². The Morgan fingerprint density at radius 3 is 2.75 bits per heavy atom. The number of aryl methyl sites for hydroxylation is 1. The molecule has 1 aromatic rings. The van der Waals surface area contributed by atoms with Gasteiger partial charge in [-0.3, -0.25) is 4.79 Å². The maximum absolute atomic E-state index is 12.7. The molecule has 0 saturated carbocycles. The fourth-order valence-electron chi connectivity index (χ4n) is 4.95. The van der Waals surface area contributed by atoms with Crippen LogP contribution in [0.1, 0.15) is 30.7 Å². The molecule has 3 saturated heterocycles. The highest BCUT2D eigenvalue weighted by molar-refractivity contribution is 7.15. The standard InChI is InChI=1S/C17H27N5OS/c1-11-18-19-17(24-11)21-8-12-7-13(9-21)15(10-20(2)3)22-14(12)5-4-6-16(22)23/h12-15H,4-10H2,1-3H3/t12-,13+,14+,15+/m1/s1. The Bertz CT molecular complexity index is 618. The normalized spacial score (nSPS) is 33.1. The van der Waals surface area contributed by atoms with Crippen LogP contribution in [0.2, 0.25) is 0 Å². The lowest BCUT2D eigenvalue weighted by atomic mass is 9.72. The third kappa shape index (κ3) is 2.81. The molecule has 3 fully saturated rings. The van der Waals surface area contributed by atoms with Crippen LogP contribution in [0.3, 0.4) is 0 Å². The van der Waals surface area contributed by atoms with E-state index in [1.807, 2.05) is 6.92 Å². The van der Waals surface area contributed by atoms with Crippen molar-refractivity contribution >= 4 is 22.4 Å². The van der Waals surface area contributed by atoms with Crippen LogP contribution in [-0.4, -0.2) is 71.7 Å². The Morgan fingerprint density at radius 1 is 1.25 bits per heavy atom. The molecule has 0 aliphatic carbocycles. The SMILES string of the molecule is Cc1nnc(N2C[C@H]3C[C@@H](C2)[C@H](CN(C)C)N2C(=O)CCC[C@@H]32)s1. The average molecular weight is 350 g/mol. The van der Waals surface area contributed by atoms with Crippen molar-refractivity contribution in [3.8, 4) is 0 Å². The molecular formula is C17H27N5OS. The number of rotatable bonds is 3. The molecule has 4 heterocycles. The van der Waals surface area contributed by atoms with E-state index in [0.29, 0.717) is 29.8 Å². The average Bonchev–Trinajstić information content (AvgIpc) is 2.98. The lowest BCUT2D eigenvalue weighted by Gasteiger charge is -2.57. The predicted octanol–water partition coefficient (Wildman–Crippen LogP) is 1.61. The molecule has 132 valence electrons. The van der Waals surface area contributed by atoms with Gasteiger partial charge >= 0.3 is 0 Å². The topological polar surface area (TPSA) is 52.6 Å². The van der Waals surface area contributed by atoms with Crippen LogP contribution in [0.4, 0.5) is 5.13 Å². The molecule has 4 atom stereocenters. The van der Waals surface area contributed by atoms with Gasteiger partial charge in [0.1, 0.15) is 5.01 Å². The first-order valence-corrected chi connectivity index (χ1v) is 9.85. The first-order valence-electron chi connectivity index (χ1n) is 9.04. The van der Waals surface area contributed by atoms with Crippen LogP contribution >= 0.6 is 11.3 Å². The zero-order valence-electron chi connectivity index (χ0n) is 14.8. The first kappa shape index (κ1) is 16.3. The lowest BCUT2D eigenvalue weighted by molar-refractivity contribution is -0.149. The third-order valence-electron chi connectivity index (χ3n) is 5.83. The number of hydrogen-bond donors (Lipinski definition) is 0. The van der Waals surface area contributed by atoms with Crippen molar-refractivity contribution in [3.63, 3.8) is 0 Å². The molecule has 7 heteroatoms. The maximum Gasteiger partial charge on any atom is 0.223 e. The number of aromatic nitrogens is 2. The van der Waals surface area contributed by atoms with Crippen molar-refractivity contribution in [2.24, 2.45) is 11.8 Å². The van der Waals surface area contributed by atoms with E-state index < -0.39 is 0 Å². The van der Waals surface area contributed by atoms with Crippen molar-refractivity contribution in [3.05, 3.63) is 5.01 Å². The minimum Gasteiger partial charge on any atom is -0.346 e.